The molecule has 4 unspecified atom stereocenters. The number of Topliss-reactive ketones (excluding diaryl/α,β-unsaturated/α-hetero) is 2. The molecule has 0 aromatic rings. The van der Waals surface area contributed by atoms with Gasteiger partial charge in [0.15, 0.2) is 5.78 Å². The largest absolute Gasteiger partial charge is 0.461 e. The first-order valence-electron chi connectivity index (χ1n) is 14.5. The Bertz CT molecular complexity index is 1300. The summed E-state index contributed by atoms with van der Waals surface area (Å²) in [6.45, 7) is 17.5. The lowest BCUT2D eigenvalue weighted by atomic mass is 9.51. The fraction of sp³-hybridized carbons (Fsp3) is 0.719. The number of hydrogen-bond acceptors (Lipinski definition) is 7. The maximum absolute atomic E-state index is 14.6. The van der Waals surface area contributed by atoms with E-state index in [1.807, 2.05) is 26.8 Å². The first-order chi connectivity index (χ1) is 18.1. The molecule has 2 bridgehead atoms. The van der Waals surface area contributed by atoms with Crippen molar-refractivity contribution in [3.8, 4) is 0 Å². The maximum atomic E-state index is 14.6. The minimum Gasteiger partial charge on any atom is -0.461 e. The van der Waals surface area contributed by atoms with Crippen LogP contribution in [0.2, 0.25) is 0 Å². The van der Waals surface area contributed by atoms with Crippen LogP contribution in [0.15, 0.2) is 33.9 Å². The van der Waals surface area contributed by atoms with E-state index in [4.69, 9.17) is 14.5 Å². The molecule has 6 rings (SSSR count). The number of carbonyl (C=O) groups excluding carboxylic acids is 3. The van der Waals surface area contributed by atoms with Gasteiger partial charge in [-0.1, -0.05) is 44.9 Å². The Labute approximate surface area is 230 Å². The SMILES string of the molecule is CC(=O)O[C@H]1[C@H]2C(C)=C3C[C@H](C(C)C)C(=O)CC(C)C31[C@@H]1C(=O)C(C)=C3C=C4C(C)(C)OOC4(O)C[C@H](C)C321. The number of hydrogen-bond donors (Lipinski definition) is 1. The van der Waals surface area contributed by atoms with Crippen LogP contribution in [0.5, 0.6) is 0 Å². The third-order valence-corrected chi connectivity index (χ3v) is 11.6. The average Bonchev–Trinajstić information content (AvgIpc) is 3.32. The molecule has 9 atom stereocenters. The monoisotopic (exact) mass is 538 g/mol. The maximum Gasteiger partial charge on any atom is 0.302 e. The summed E-state index contributed by atoms with van der Waals surface area (Å²) in [6.07, 6.45) is 2.60. The molecule has 0 radical (unpaired) electrons. The second kappa shape index (κ2) is 8.01. The molecule has 2 saturated carbocycles. The van der Waals surface area contributed by atoms with Crippen molar-refractivity contribution in [2.45, 2.75) is 99.1 Å². The lowest BCUT2D eigenvalue weighted by Gasteiger charge is -2.50. The van der Waals surface area contributed by atoms with Gasteiger partial charge >= 0.3 is 5.97 Å². The second-order valence-corrected chi connectivity index (χ2v) is 14.1. The molecule has 6 aliphatic rings. The summed E-state index contributed by atoms with van der Waals surface area (Å²) >= 11 is 0. The minimum atomic E-state index is -1.62. The van der Waals surface area contributed by atoms with Gasteiger partial charge < -0.3 is 9.84 Å². The Morgan fingerprint density at radius 2 is 1.74 bits per heavy atom. The van der Waals surface area contributed by atoms with Gasteiger partial charge in [0.2, 0.25) is 5.79 Å². The van der Waals surface area contributed by atoms with Crippen molar-refractivity contribution in [3.05, 3.63) is 33.9 Å². The van der Waals surface area contributed by atoms with Gasteiger partial charge in [0, 0.05) is 53.9 Å². The van der Waals surface area contributed by atoms with Crippen molar-refractivity contribution in [3.63, 3.8) is 0 Å². The quantitative estimate of drug-likeness (QED) is 0.299. The Morgan fingerprint density at radius 3 is 2.36 bits per heavy atom. The van der Waals surface area contributed by atoms with E-state index in [1.165, 1.54) is 6.92 Å². The predicted octanol–water partition coefficient (Wildman–Crippen LogP) is 5.03. The molecule has 1 N–H and O–H groups in total. The molecule has 0 amide bonds. The van der Waals surface area contributed by atoms with Gasteiger partial charge in [-0.15, -0.1) is 0 Å². The van der Waals surface area contributed by atoms with Crippen LogP contribution in [-0.2, 0) is 28.9 Å². The predicted molar refractivity (Wildman–Crippen MR) is 143 cm³/mol. The Hall–Kier alpha value is -2.09. The van der Waals surface area contributed by atoms with Crippen molar-refractivity contribution in [1.29, 1.82) is 0 Å². The zero-order valence-electron chi connectivity index (χ0n) is 24.6. The van der Waals surface area contributed by atoms with E-state index in [9.17, 15) is 19.5 Å². The summed E-state index contributed by atoms with van der Waals surface area (Å²) in [4.78, 5) is 52.1. The molecule has 7 nitrogen and oxygen atoms in total. The van der Waals surface area contributed by atoms with Crippen molar-refractivity contribution in [2.24, 2.45) is 46.3 Å². The number of carbonyl (C=O) groups is 3. The average molecular weight is 539 g/mol. The number of ether oxygens (including phenoxy) is 1. The number of rotatable bonds is 2. The molecule has 212 valence electrons. The van der Waals surface area contributed by atoms with Gasteiger partial charge in [0.25, 0.3) is 0 Å². The Kier molecular flexibility index (Phi) is 5.57. The first-order valence-corrected chi connectivity index (χ1v) is 14.5. The normalized spacial score (nSPS) is 46.1. The van der Waals surface area contributed by atoms with E-state index < -0.39 is 34.2 Å². The highest BCUT2D eigenvalue weighted by molar-refractivity contribution is 6.05. The van der Waals surface area contributed by atoms with E-state index in [2.05, 4.69) is 34.6 Å². The first kappa shape index (κ1) is 27.1. The van der Waals surface area contributed by atoms with Crippen LogP contribution >= 0.6 is 0 Å². The van der Waals surface area contributed by atoms with Crippen LogP contribution < -0.4 is 0 Å². The molecule has 3 fully saturated rings. The number of ketones is 2. The highest BCUT2D eigenvalue weighted by atomic mass is 17.2. The molecule has 0 aromatic carbocycles. The molecule has 39 heavy (non-hydrogen) atoms. The third-order valence-electron chi connectivity index (χ3n) is 11.6. The van der Waals surface area contributed by atoms with Crippen LogP contribution in [0, 0.1) is 46.3 Å². The minimum absolute atomic E-state index is 0.0729. The van der Waals surface area contributed by atoms with Crippen molar-refractivity contribution < 1.29 is 34.0 Å². The fourth-order valence-electron chi connectivity index (χ4n) is 10.2. The highest BCUT2D eigenvalue weighted by Gasteiger charge is 2.82. The molecular formula is C32H42O7. The van der Waals surface area contributed by atoms with Crippen LogP contribution in [0.25, 0.3) is 0 Å². The molecule has 7 heteroatoms. The smallest absolute Gasteiger partial charge is 0.302 e. The van der Waals surface area contributed by atoms with Gasteiger partial charge in [-0.3, -0.25) is 14.4 Å². The summed E-state index contributed by atoms with van der Waals surface area (Å²) in [5, 5.41) is 11.8. The lowest BCUT2D eigenvalue weighted by Crippen LogP contribution is -2.50. The molecule has 0 aromatic heterocycles. The second-order valence-electron chi connectivity index (χ2n) is 14.1. The molecular weight excluding hydrogens is 496 g/mol. The number of fused-ring (bicyclic) bond motifs is 2. The number of allylic oxidation sites excluding steroid dienone is 3. The van der Waals surface area contributed by atoms with E-state index >= 15 is 0 Å². The summed E-state index contributed by atoms with van der Waals surface area (Å²) in [6, 6.07) is 0. The van der Waals surface area contributed by atoms with Crippen LogP contribution in [0.1, 0.15) is 81.6 Å². The molecule has 1 heterocycles. The van der Waals surface area contributed by atoms with Gasteiger partial charge in [0.1, 0.15) is 17.5 Å². The van der Waals surface area contributed by atoms with E-state index in [0.29, 0.717) is 24.0 Å². The zero-order valence-corrected chi connectivity index (χ0v) is 24.6. The van der Waals surface area contributed by atoms with Crippen LogP contribution in [0.4, 0.5) is 0 Å². The summed E-state index contributed by atoms with van der Waals surface area (Å²) in [5.41, 5.74) is 2.15. The lowest BCUT2D eigenvalue weighted by molar-refractivity contribution is -0.392. The van der Waals surface area contributed by atoms with E-state index in [-0.39, 0.29) is 53.5 Å². The van der Waals surface area contributed by atoms with Gasteiger partial charge in [-0.2, -0.15) is 4.89 Å². The van der Waals surface area contributed by atoms with E-state index in [0.717, 1.165) is 16.7 Å². The number of esters is 1. The highest BCUT2D eigenvalue weighted by Crippen LogP contribution is 2.80. The van der Waals surface area contributed by atoms with Crippen molar-refractivity contribution in [1.82, 2.24) is 0 Å². The molecule has 1 aliphatic heterocycles. The standard InChI is InChI=1S/C32H42O7/c1-14(2)20-11-21-17(5)25-28(37-19(7)33)32(21,15(3)10-23(20)34)27-26(35)18(6)22-12-24-29(8,9)38-39-30(24,36)13-16(4)31(22,25)27/h12,14-16,20,25,27-28,36H,10-11,13H2,1-9H3/t15?,16-,20+,25+,27+,28-,30?,31?,32?/m0/s1. The summed E-state index contributed by atoms with van der Waals surface area (Å²) < 4.78 is 6.29. The van der Waals surface area contributed by atoms with Gasteiger partial charge in [-0.25, -0.2) is 4.89 Å². The van der Waals surface area contributed by atoms with E-state index in [1.54, 1.807) is 0 Å². The summed E-state index contributed by atoms with van der Waals surface area (Å²) in [5.74, 6) is -2.77. The fourth-order valence-corrected chi connectivity index (χ4v) is 10.2. The van der Waals surface area contributed by atoms with Gasteiger partial charge in [-0.05, 0) is 63.0 Å². The van der Waals surface area contributed by atoms with Crippen LogP contribution in [0.3, 0.4) is 0 Å². The Balaban J connectivity index is 1.67. The third kappa shape index (κ3) is 2.97. The topological polar surface area (TPSA) is 99.1 Å². The molecule has 5 aliphatic carbocycles. The van der Waals surface area contributed by atoms with Gasteiger partial charge in [0.05, 0.1) is 0 Å². The molecule has 2 spiro atoms. The van der Waals surface area contributed by atoms with Crippen molar-refractivity contribution in [2.75, 3.05) is 0 Å². The Morgan fingerprint density at radius 1 is 1.08 bits per heavy atom. The number of aliphatic hydroxyl groups is 1. The summed E-state index contributed by atoms with van der Waals surface area (Å²) in [7, 11) is 0. The van der Waals surface area contributed by atoms with Crippen LogP contribution in [-0.4, -0.2) is 40.1 Å². The van der Waals surface area contributed by atoms with Crippen molar-refractivity contribution >= 4 is 17.5 Å². The zero-order chi connectivity index (χ0) is 28.6. The molecule has 1 saturated heterocycles.